The number of aromatic nitrogens is 1. The van der Waals surface area contributed by atoms with E-state index in [1.807, 2.05) is 12.4 Å². The van der Waals surface area contributed by atoms with E-state index in [0.29, 0.717) is 0 Å². The van der Waals surface area contributed by atoms with Gasteiger partial charge in [-0.25, -0.2) is 0 Å². The number of H-pyrrole nitrogens is 1. The van der Waals surface area contributed by atoms with E-state index in [0.717, 1.165) is 6.54 Å². The maximum absolute atomic E-state index is 3.54. The molecule has 0 atom stereocenters. The zero-order valence-corrected chi connectivity index (χ0v) is 8.85. The van der Waals surface area contributed by atoms with Crippen LogP contribution in [-0.4, -0.2) is 10.5 Å². The van der Waals surface area contributed by atoms with Crippen molar-refractivity contribution in [1.82, 2.24) is 10.3 Å². The highest BCUT2D eigenvalue weighted by atomic mass is 14.9. The van der Waals surface area contributed by atoms with Crippen LogP contribution in [-0.2, 0) is 6.54 Å². The Bertz CT molecular complexity index is 224. The van der Waals surface area contributed by atoms with Crippen molar-refractivity contribution in [3.8, 4) is 0 Å². The average molecular weight is 180 g/mol. The molecule has 0 fully saturated rings. The highest BCUT2D eigenvalue weighted by molar-refractivity contribution is 5.08. The number of rotatable bonds is 5. The van der Waals surface area contributed by atoms with Gasteiger partial charge in [0.25, 0.3) is 0 Å². The van der Waals surface area contributed by atoms with Crippen LogP contribution < -0.4 is 5.32 Å². The van der Waals surface area contributed by atoms with E-state index in [9.17, 15) is 0 Å². The summed E-state index contributed by atoms with van der Waals surface area (Å²) < 4.78 is 0. The molecule has 1 heterocycles. The summed E-state index contributed by atoms with van der Waals surface area (Å²) in [5, 5.41) is 3.54. The number of hydrogen-bond donors (Lipinski definition) is 2. The van der Waals surface area contributed by atoms with Crippen molar-refractivity contribution in [2.45, 2.75) is 45.7 Å². The minimum atomic E-state index is 0.256. The molecule has 0 saturated heterocycles. The lowest BCUT2D eigenvalue weighted by molar-refractivity contribution is 0.357. The fraction of sp³-hybridized carbons (Fsp3) is 0.636. The standard InChI is InChI=1S/C11H20N2/c1-4-6-11(2,3)13-9-10-5-7-12-8-10/h5,7-8,12-13H,4,6,9H2,1-3H3. The molecule has 1 aromatic heterocycles. The third-order valence-electron chi connectivity index (χ3n) is 2.31. The molecule has 0 saturated carbocycles. The van der Waals surface area contributed by atoms with Gasteiger partial charge in [-0.2, -0.15) is 0 Å². The molecule has 2 N–H and O–H groups in total. The second kappa shape index (κ2) is 4.47. The van der Waals surface area contributed by atoms with Gasteiger partial charge in [-0.05, 0) is 31.9 Å². The molecule has 2 heteroatoms. The number of aromatic amines is 1. The summed E-state index contributed by atoms with van der Waals surface area (Å²) >= 11 is 0. The Morgan fingerprint density at radius 1 is 1.46 bits per heavy atom. The Morgan fingerprint density at radius 3 is 2.77 bits per heavy atom. The molecule has 13 heavy (non-hydrogen) atoms. The first-order valence-electron chi connectivity index (χ1n) is 5.01. The van der Waals surface area contributed by atoms with Crippen molar-refractivity contribution >= 4 is 0 Å². The van der Waals surface area contributed by atoms with E-state index < -0.39 is 0 Å². The van der Waals surface area contributed by atoms with Crippen LogP contribution in [0.3, 0.4) is 0 Å². The van der Waals surface area contributed by atoms with Crippen LogP contribution in [0.25, 0.3) is 0 Å². The molecule has 0 radical (unpaired) electrons. The summed E-state index contributed by atoms with van der Waals surface area (Å²) in [6.45, 7) is 7.68. The van der Waals surface area contributed by atoms with E-state index in [2.05, 4.69) is 37.1 Å². The second-order valence-electron chi connectivity index (χ2n) is 4.21. The average Bonchev–Trinajstić information content (AvgIpc) is 2.52. The molecular formula is C11H20N2. The van der Waals surface area contributed by atoms with Crippen LogP contribution in [0.2, 0.25) is 0 Å². The zero-order valence-electron chi connectivity index (χ0n) is 8.85. The van der Waals surface area contributed by atoms with Gasteiger partial charge in [-0.3, -0.25) is 0 Å². The Balaban J connectivity index is 2.33. The highest BCUT2D eigenvalue weighted by Gasteiger charge is 2.14. The van der Waals surface area contributed by atoms with Crippen LogP contribution in [0, 0.1) is 0 Å². The van der Waals surface area contributed by atoms with Crippen molar-refractivity contribution in [2.24, 2.45) is 0 Å². The molecular weight excluding hydrogens is 160 g/mol. The monoisotopic (exact) mass is 180 g/mol. The molecule has 0 aliphatic rings. The van der Waals surface area contributed by atoms with Gasteiger partial charge in [0, 0.05) is 24.5 Å². The molecule has 0 spiro atoms. The van der Waals surface area contributed by atoms with E-state index in [4.69, 9.17) is 0 Å². The Kier molecular flexibility index (Phi) is 3.55. The maximum Gasteiger partial charge on any atom is 0.0225 e. The first kappa shape index (κ1) is 10.3. The number of hydrogen-bond acceptors (Lipinski definition) is 1. The first-order valence-corrected chi connectivity index (χ1v) is 5.01. The largest absolute Gasteiger partial charge is 0.367 e. The molecule has 0 aliphatic carbocycles. The summed E-state index contributed by atoms with van der Waals surface area (Å²) in [6, 6.07) is 2.11. The van der Waals surface area contributed by atoms with E-state index in [1.165, 1.54) is 18.4 Å². The molecule has 0 bridgehead atoms. The predicted octanol–water partition coefficient (Wildman–Crippen LogP) is 2.68. The van der Waals surface area contributed by atoms with Gasteiger partial charge in [0.05, 0.1) is 0 Å². The molecule has 0 amide bonds. The van der Waals surface area contributed by atoms with Crippen molar-refractivity contribution < 1.29 is 0 Å². The van der Waals surface area contributed by atoms with Crippen molar-refractivity contribution in [1.29, 1.82) is 0 Å². The van der Waals surface area contributed by atoms with Gasteiger partial charge < -0.3 is 10.3 Å². The minimum absolute atomic E-state index is 0.256. The Hall–Kier alpha value is -0.760. The molecule has 0 aliphatic heterocycles. The fourth-order valence-corrected chi connectivity index (χ4v) is 1.52. The normalized spacial score (nSPS) is 11.9. The highest BCUT2D eigenvalue weighted by Crippen LogP contribution is 2.11. The van der Waals surface area contributed by atoms with Crippen LogP contribution in [0.15, 0.2) is 18.5 Å². The van der Waals surface area contributed by atoms with Gasteiger partial charge >= 0.3 is 0 Å². The molecule has 74 valence electrons. The van der Waals surface area contributed by atoms with Crippen molar-refractivity contribution in [3.63, 3.8) is 0 Å². The molecule has 1 rings (SSSR count). The van der Waals surface area contributed by atoms with Gasteiger partial charge in [-0.1, -0.05) is 13.3 Å². The van der Waals surface area contributed by atoms with Gasteiger partial charge in [-0.15, -0.1) is 0 Å². The van der Waals surface area contributed by atoms with E-state index in [-0.39, 0.29) is 5.54 Å². The fourth-order valence-electron chi connectivity index (χ4n) is 1.52. The van der Waals surface area contributed by atoms with Gasteiger partial charge in [0.15, 0.2) is 0 Å². The van der Waals surface area contributed by atoms with Crippen molar-refractivity contribution in [2.75, 3.05) is 0 Å². The molecule has 1 aromatic rings. The topological polar surface area (TPSA) is 27.8 Å². The van der Waals surface area contributed by atoms with Crippen LogP contribution >= 0.6 is 0 Å². The second-order valence-corrected chi connectivity index (χ2v) is 4.21. The summed E-state index contributed by atoms with van der Waals surface area (Å²) in [5.74, 6) is 0. The zero-order chi connectivity index (χ0) is 9.73. The first-order chi connectivity index (χ1) is 6.14. The third-order valence-corrected chi connectivity index (χ3v) is 2.31. The summed E-state index contributed by atoms with van der Waals surface area (Å²) in [5.41, 5.74) is 1.58. The Morgan fingerprint density at radius 2 is 2.23 bits per heavy atom. The van der Waals surface area contributed by atoms with Crippen molar-refractivity contribution in [3.05, 3.63) is 24.0 Å². The van der Waals surface area contributed by atoms with E-state index >= 15 is 0 Å². The lowest BCUT2D eigenvalue weighted by Crippen LogP contribution is -2.38. The third kappa shape index (κ3) is 3.64. The SMILES string of the molecule is CCCC(C)(C)NCc1cc[nH]c1. The van der Waals surface area contributed by atoms with Gasteiger partial charge in [0.1, 0.15) is 0 Å². The molecule has 0 aromatic carbocycles. The Labute approximate surface area is 80.7 Å². The van der Waals surface area contributed by atoms with Gasteiger partial charge in [0.2, 0.25) is 0 Å². The molecule has 0 unspecified atom stereocenters. The van der Waals surface area contributed by atoms with Crippen LogP contribution in [0.1, 0.15) is 39.2 Å². The van der Waals surface area contributed by atoms with Crippen LogP contribution in [0.4, 0.5) is 0 Å². The van der Waals surface area contributed by atoms with E-state index in [1.54, 1.807) is 0 Å². The van der Waals surface area contributed by atoms with Crippen LogP contribution in [0.5, 0.6) is 0 Å². The lowest BCUT2D eigenvalue weighted by atomic mass is 9.99. The summed E-state index contributed by atoms with van der Waals surface area (Å²) in [4.78, 5) is 3.06. The smallest absolute Gasteiger partial charge is 0.0225 e. The quantitative estimate of drug-likeness (QED) is 0.716. The summed E-state index contributed by atoms with van der Waals surface area (Å²) in [7, 11) is 0. The lowest BCUT2D eigenvalue weighted by Gasteiger charge is -2.25. The molecule has 2 nitrogen and oxygen atoms in total. The maximum atomic E-state index is 3.54. The minimum Gasteiger partial charge on any atom is -0.367 e. The summed E-state index contributed by atoms with van der Waals surface area (Å²) in [6.07, 6.45) is 6.45. The predicted molar refractivity (Wildman–Crippen MR) is 56.6 cm³/mol. The number of nitrogens with one attached hydrogen (secondary N) is 2.